The zero-order valence-corrected chi connectivity index (χ0v) is 21.0. The molecule has 28 heavy (non-hydrogen) atoms. The Kier molecular flexibility index (Phi) is 20.4. The van der Waals surface area contributed by atoms with E-state index < -0.39 is 8.80 Å². The summed E-state index contributed by atoms with van der Waals surface area (Å²) < 4.78 is 17.4. The van der Waals surface area contributed by atoms with Gasteiger partial charge in [0.2, 0.25) is 0 Å². The van der Waals surface area contributed by atoms with E-state index in [-0.39, 0.29) is 0 Å². The third-order valence-corrected chi connectivity index (χ3v) is 9.45. The highest BCUT2D eigenvalue weighted by atomic mass is 28.4. The van der Waals surface area contributed by atoms with Crippen LogP contribution in [0.2, 0.25) is 5.54 Å². The summed E-state index contributed by atoms with van der Waals surface area (Å²) in [6.45, 7) is 4.55. The summed E-state index contributed by atoms with van der Waals surface area (Å²) in [7, 11) is 2.78. The van der Waals surface area contributed by atoms with Crippen molar-refractivity contribution in [3.63, 3.8) is 0 Å². The van der Waals surface area contributed by atoms with Gasteiger partial charge in [0, 0.05) is 26.9 Å². The van der Waals surface area contributed by atoms with Crippen LogP contribution in [0, 0.1) is 0 Å². The zero-order valence-electron chi connectivity index (χ0n) is 20.0. The van der Waals surface area contributed by atoms with Gasteiger partial charge in [-0.2, -0.15) is 0 Å². The van der Waals surface area contributed by atoms with Crippen LogP contribution in [0.25, 0.3) is 0 Å². The molecule has 0 aromatic carbocycles. The van der Waals surface area contributed by atoms with Crippen LogP contribution in [0.4, 0.5) is 0 Å². The van der Waals surface area contributed by atoms with Gasteiger partial charge in [0.05, 0.1) is 0 Å². The van der Waals surface area contributed by atoms with Gasteiger partial charge in [0.1, 0.15) is 0 Å². The largest absolute Gasteiger partial charge is 0.503 e. The van der Waals surface area contributed by atoms with E-state index >= 15 is 0 Å². The molecule has 0 spiro atoms. The number of unbranched alkanes of at least 4 members (excludes halogenated alkanes) is 14. The highest BCUT2D eigenvalue weighted by molar-refractivity contribution is 6.62. The van der Waals surface area contributed by atoms with E-state index in [1.807, 2.05) is 0 Å². The van der Waals surface area contributed by atoms with Gasteiger partial charge in [-0.25, -0.2) is 0 Å². The van der Waals surface area contributed by atoms with Crippen LogP contribution in [0.5, 0.6) is 0 Å². The molecule has 0 radical (unpaired) electrons. The van der Waals surface area contributed by atoms with Crippen LogP contribution >= 0.6 is 0 Å². The zero-order chi connectivity index (χ0) is 20.9. The van der Waals surface area contributed by atoms with Crippen molar-refractivity contribution in [3.8, 4) is 0 Å². The lowest BCUT2D eigenvalue weighted by molar-refractivity contribution is 0.107. The molecule has 0 heterocycles. The first-order chi connectivity index (χ1) is 13.7. The summed E-state index contributed by atoms with van der Waals surface area (Å²) >= 11 is 0. The molecule has 0 aliphatic rings. The van der Waals surface area contributed by atoms with Gasteiger partial charge in [-0.05, 0) is 12.8 Å². The molecule has 0 rings (SSSR count). The Labute approximate surface area is 178 Å². The smallest absolute Gasteiger partial charge is 0.377 e. The summed E-state index contributed by atoms with van der Waals surface area (Å²) in [6, 6.07) is 0. The normalized spacial score (nSPS) is 13.2. The SMILES string of the molecule is CCCCCCCCCCCCCCCC(CCCCC)[Si](OC)(OC)OC. The Morgan fingerprint density at radius 1 is 0.464 bits per heavy atom. The standard InChI is InChI=1S/C24H52O3Si/c1-6-8-10-11-12-13-14-15-16-17-18-19-21-23-24(22-20-9-7-2)28(25-3,26-4)27-5/h24H,6-23H2,1-5H3. The Bertz CT molecular complexity index is 300. The van der Waals surface area contributed by atoms with Crippen LogP contribution in [0.3, 0.4) is 0 Å². The molecule has 0 amide bonds. The van der Waals surface area contributed by atoms with Crippen LogP contribution in [-0.2, 0) is 13.3 Å². The fourth-order valence-electron chi connectivity index (χ4n) is 4.30. The molecule has 170 valence electrons. The van der Waals surface area contributed by atoms with Crippen molar-refractivity contribution in [1.29, 1.82) is 0 Å². The van der Waals surface area contributed by atoms with Gasteiger partial charge in [0.15, 0.2) is 0 Å². The van der Waals surface area contributed by atoms with E-state index in [1.54, 1.807) is 21.3 Å². The highest BCUT2D eigenvalue weighted by Gasteiger charge is 2.46. The second kappa shape index (κ2) is 20.4. The number of hydrogen-bond donors (Lipinski definition) is 0. The molecule has 1 unspecified atom stereocenters. The molecule has 4 heteroatoms. The summed E-state index contributed by atoms with van der Waals surface area (Å²) in [5.74, 6) is 0. The van der Waals surface area contributed by atoms with Gasteiger partial charge >= 0.3 is 8.80 Å². The third-order valence-electron chi connectivity index (χ3n) is 6.17. The molecule has 0 aliphatic heterocycles. The lowest BCUT2D eigenvalue weighted by Crippen LogP contribution is -2.47. The Morgan fingerprint density at radius 2 is 0.750 bits per heavy atom. The lowest BCUT2D eigenvalue weighted by atomic mass is 10.0. The quantitative estimate of drug-likeness (QED) is 0.131. The predicted octanol–water partition coefficient (Wildman–Crippen LogP) is 8.30. The summed E-state index contributed by atoms with van der Waals surface area (Å²) in [4.78, 5) is 0. The average Bonchev–Trinajstić information content (AvgIpc) is 2.72. The maximum atomic E-state index is 5.79. The molecular weight excluding hydrogens is 364 g/mol. The van der Waals surface area contributed by atoms with E-state index in [2.05, 4.69) is 13.8 Å². The van der Waals surface area contributed by atoms with Gasteiger partial charge < -0.3 is 13.3 Å². The first kappa shape index (κ1) is 28.1. The molecular formula is C24H52O3Si. The molecule has 0 saturated heterocycles. The Morgan fingerprint density at radius 3 is 1.11 bits per heavy atom. The second-order valence-corrected chi connectivity index (χ2v) is 11.7. The van der Waals surface area contributed by atoms with Crippen molar-refractivity contribution < 1.29 is 13.3 Å². The molecule has 0 fully saturated rings. The van der Waals surface area contributed by atoms with E-state index in [4.69, 9.17) is 13.3 Å². The van der Waals surface area contributed by atoms with Gasteiger partial charge in [-0.15, -0.1) is 0 Å². The van der Waals surface area contributed by atoms with E-state index in [9.17, 15) is 0 Å². The molecule has 0 aliphatic carbocycles. The molecule has 0 aromatic heterocycles. The fourth-order valence-corrected chi connectivity index (χ4v) is 6.91. The van der Waals surface area contributed by atoms with Gasteiger partial charge in [-0.1, -0.05) is 117 Å². The lowest BCUT2D eigenvalue weighted by Gasteiger charge is -2.32. The summed E-state index contributed by atoms with van der Waals surface area (Å²) in [5.41, 5.74) is 0.451. The molecule has 1 atom stereocenters. The van der Waals surface area contributed by atoms with E-state index in [0.717, 1.165) is 0 Å². The number of rotatable bonds is 22. The second-order valence-electron chi connectivity index (χ2n) is 8.44. The molecule has 0 N–H and O–H groups in total. The monoisotopic (exact) mass is 416 g/mol. The van der Waals surface area contributed by atoms with E-state index in [0.29, 0.717) is 5.54 Å². The van der Waals surface area contributed by atoms with Crippen molar-refractivity contribution in [3.05, 3.63) is 0 Å². The summed E-state index contributed by atoms with van der Waals surface area (Å²) in [6.07, 6.45) is 24.4. The first-order valence-corrected chi connectivity index (χ1v) is 14.2. The minimum atomic E-state index is -2.50. The maximum absolute atomic E-state index is 5.79. The third kappa shape index (κ3) is 13.3. The average molecular weight is 417 g/mol. The van der Waals surface area contributed by atoms with Gasteiger partial charge in [0.25, 0.3) is 0 Å². The van der Waals surface area contributed by atoms with Crippen molar-refractivity contribution in [2.45, 2.75) is 135 Å². The molecule has 0 saturated carbocycles. The van der Waals surface area contributed by atoms with Crippen molar-refractivity contribution in [1.82, 2.24) is 0 Å². The van der Waals surface area contributed by atoms with E-state index in [1.165, 1.54) is 116 Å². The van der Waals surface area contributed by atoms with Crippen LogP contribution in [0.15, 0.2) is 0 Å². The molecule has 3 nitrogen and oxygen atoms in total. The van der Waals surface area contributed by atoms with Crippen molar-refractivity contribution >= 4 is 8.80 Å². The minimum Gasteiger partial charge on any atom is -0.377 e. The topological polar surface area (TPSA) is 27.7 Å². The van der Waals surface area contributed by atoms with Crippen LogP contribution in [-0.4, -0.2) is 30.1 Å². The minimum absolute atomic E-state index is 0.451. The van der Waals surface area contributed by atoms with Crippen molar-refractivity contribution in [2.24, 2.45) is 0 Å². The maximum Gasteiger partial charge on any atom is 0.503 e. The summed E-state index contributed by atoms with van der Waals surface area (Å²) in [5, 5.41) is 0. The van der Waals surface area contributed by atoms with Crippen molar-refractivity contribution in [2.75, 3.05) is 21.3 Å². The Hall–Kier alpha value is 0.0969. The van der Waals surface area contributed by atoms with Crippen LogP contribution < -0.4 is 0 Å². The number of hydrogen-bond acceptors (Lipinski definition) is 3. The Balaban J connectivity index is 3.84. The highest BCUT2D eigenvalue weighted by Crippen LogP contribution is 2.34. The van der Waals surface area contributed by atoms with Gasteiger partial charge in [-0.3, -0.25) is 0 Å². The fraction of sp³-hybridized carbons (Fsp3) is 1.00. The predicted molar refractivity (Wildman–Crippen MR) is 125 cm³/mol. The first-order valence-electron chi connectivity index (χ1n) is 12.4. The molecule has 0 aromatic rings. The van der Waals surface area contributed by atoms with Crippen LogP contribution in [0.1, 0.15) is 129 Å². The molecule has 0 bridgehead atoms.